The van der Waals surface area contributed by atoms with Crippen LogP contribution in [0.3, 0.4) is 0 Å². The van der Waals surface area contributed by atoms with E-state index in [9.17, 15) is 4.79 Å². The van der Waals surface area contributed by atoms with E-state index in [1.54, 1.807) is 30.3 Å². The van der Waals surface area contributed by atoms with Crippen LogP contribution >= 0.6 is 0 Å². The average Bonchev–Trinajstić information content (AvgIpc) is 2.71. The monoisotopic (exact) mass is 372 g/mol. The number of nitrogen functional groups attached to an aromatic ring is 1. The molecule has 0 radical (unpaired) electrons. The molecule has 0 aliphatic rings. The van der Waals surface area contributed by atoms with E-state index in [0.717, 1.165) is 11.3 Å². The SMILES string of the molecule is N#Cc1ccc(/C=C/C(=O)OCc2nc(N)nc(Nc3ccccc3)n2)cc1. The van der Waals surface area contributed by atoms with E-state index in [1.807, 2.05) is 36.4 Å². The van der Waals surface area contributed by atoms with Gasteiger partial charge in [-0.05, 0) is 35.9 Å². The van der Waals surface area contributed by atoms with E-state index in [4.69, 9.17) is 15.7 Å². The topological polar surface area (TPSA) is 127 Å². The maximum absolute atomic E-state index is 11.9. The van der Waals surface area contributed by atoms with Gasteiger partial charge >= 0.3 is 5.97 Å². The van der Waals surface area contributed by atoms with Gasteiger partial charge in [0.25, 0.3) is 0 Å². The standard InChI is InChI=1S/C20H16N6O2/c21-12-15-8-6-14(7-9-15)10-11-18(27)28-13-17-24-19(22)26-20(25-17)23-16-4-2-1-3-5-16/h1-11H,13H2,(H3,22,23,24,25,26)/b11-10+. The highest BCUT2D eigenvalue weighted by Crippen LogP contribution is 2.13. The van der Waals surface area contributed by atoms with Gasteiger partial charge in [-0.15, -0.1) is 0 Å². The number of hydrogen-bond donors (Lipinski definition) is 2. The molecule has 0 saturated heterocycles. The van der Waals surface area contributed by atoms with Gasteiger partial charge in [0.2, 0.25) is 11.9 Å². The molecule has 0 spiro atoms. The molecule has 0 bridgehead atoms. The number of nitrogens with one attached hydrogen (secondary N) is 1. The molecule has 3 aromatic rings. The molecule has 8 heteroatoms. The Kier molecular flexibility index (Phi) is 5.90. The molecule has 3 N–H and O–H groups in total. The second-order valence-corrected chi connectivity index (χ2v) is 5.60. The molecular weight excluding hydrogens is 356 g/mol. The van der Waals surface area contributed by atoms with E-state index in [0.29, 0.717) is 5.56 Å². The molecule has 3 rings (SSSR count). The Labute approximate surface area is 161 Å². The first-order chi connectivity index (χ1) is 13.6. The minimum atomic E-state index is -0.555. The van der Waals surface area contributed by atoms with Gasteiger partial charge < -0.3 is 15.8 Å². The summed E-state index contributed by atoms with van der Waals surface area (Å²) >= 11 is 0. The lowest BCUT2D eigenvalue weighted by Gasteiger charge is -2.07. The molecule has 2 aromatic carbocycles. The molecule has 1 aromatic heterocycles. The first-order valence-electron chi connectivity index (χ1n) is 8.30. The van der Waals surface area contributed by atoms with Gasteiger partial charge in [-0.2, -0.15) is 20.2 Å². The number of nitriles is 1. The number of benzene rings is 2. The Morgan fingerprint density at radius 3 is 2.57 bits per heavy atom. The minimum Gasteiger partial charge on any atom is -0.454 e. The minimum absolute atomic E-state index is 0.0209. The first-order valence-corrected chi connectivity index (χ1v) is 8.30. The summed E-state index contributed by atoms with van der Waals surface area (Å²) in [5, 5.41) is 11.8. The van der Waals surface area contributed by atoms with Crippen LogP contribution in [0.2, 0.25) is 0 Å². The van der Waals surface area contributed by atoms with E-state index in [-0.39, 0.29) is 24.3 Å². The van der Waals surface area contributed by atoms with Crippen molar-refractivity contribution in [2.75, 3.05) is 11.1 Å². The lowest BCUT2D eigenvalue weighted by molar-refractivity contribution is -0.139. The number of nitrogens with zero attached hydrogens (tertiary/aromatic N) is 4. The highest BCUT2D eigenvalue weighted by Gasteiger charge is 2.07. The molecule has 0 fully saturated rings. The van der Waals surface area contributed by atoms with Crippen molar-refractivity contribution in [3.05, 3.63) is 77.6 Å². The van der Waals surface area contributed by atoms with Crippen molar-refractivity contribution in [1.29, 1.82) is 5.26 Å². The van der Waals surface area contributed by atoms with E-state index >= 15 is 0 Å². The van der Waals surface area contributed by atoms with Crippen LogP contribution in [0, 0.1) is 11.3 Å². The fourth-order valence-electron chi connectivity index (χ4n) is 2.23. The van der Waals surface area contributed by atoms with Crippen molar-refractivity contribution >= 4 is 29.6 Å². The first kappa shape index (κ1) is 18.5. The quantitative estimate of drug-likeness (QED) is 0.499. The Morgan fingerprint density at radius 2 is 1.86 bits per heavy atom. The van der Waals surface area contributed by atoms with E-state index < -0.39 is 5.97 Å². The van der Waals surface area contributed by atoms with Gasteiger partial charge in [0.05, 0.1) is 11.6 Å². The molecule has 1 heterocycles. The van der Waals surface area contributed by atoms with Crippen molar-refractivity contribution in [3.8, 4) is 6.07 Å². The largest absolute Gasteiger partial charge is 0.454 e. The highest BCUT2D eigenvalue weighted by molar-refractivity contribution is 5.87. The normalized spacial score (nSPS) is 10.4. The maximum atomic E-state index is 11.9. The molecule has 138 valence electrons. The molecule has 0 unspecified atom stereocenters. The van der Waals surface area contributed by atoms with Crippen molar-refractivity contribution in [2.24, 2.45) is 0 Å². The number of para-hydroxylation sites is 1. The average molecular weight is 372 g/mol. The number of rotatable bonds is 6. The Hall–Kier alpha value is -4.25. The van der Waals surface area contributed by atoms with Crippen LogP contribution in [0.5, 0.6) is 0 Å². The zero-order valence-electron chi connectivity index (χ0n) is 14.7. The van der Waals surface area contributed by atoms with Crippen LogP contribution in [-0.2, 0) is 16.1 Å². The lowest BCUT2D eigenvalue weighted by Crippen LogP contribution is -2.10. The number of carbonyl (C=O) groups is 1. The molecule has 0 aliphatic heterocycles. The third-order valence-corrected chi connectivity index (χ3v) is 3.52. The molecule has 0 aliphatic carbocycles. The predicted molar refractivity (Wildman–Crippen MR) is 104 cm³/mol. The number of aromatic nitrogens is 3. The van der Waals surface area contributed by atoms with Gasteiger partial charge in [-0.25, -0.2) is 4.79 Å². The van der Waals surface area contributed by atoms with Crippen molar-refractivity contribution in [2.45, 2.75) is 6.61 Å². The second-order valence-electron chi connectivity index (χ2n) is 5.60. The van der Waals surface area contributed by atoms with Gasteiger partial charge in [0.15, 0.2) is 12.4 Å². The maximum Gasteiger partial charge on any atom is 0.331 e. The number of nitrogens with two attached hydrogens (primary N) is 1. The third-order valence-electron chi connectivity index (χ3n) is 3.52. The van der Waals surface area contributed by atoms with Crippen LogP contribution in [0.4, 0.5) is 17.6 Å². The van der Waals surface area contributed by atoms with Crippen LogP contribution in [0.1, 0.15) is 17.0 Å². The van der Waals surface area contributed by atoms with Crippen molar-refractivity contribution < 1.29 is 9.53 Å². The fraction of sp³-hybridized carbons (Fsp3) is 0.0500. The summed E-state index contributed by atoms with van der Waals surface area (Å²) in [6.07, 6.45) is 2.88. The lowest BCUT2D eigenvalue weighted by atomic mass is 10.1. The van der Waals surface area contributed by atoms with Gasteiger partial charge in [-0.1, -0.05) is 30.3 Å². The summed E-state index contributed by atoms with van der Waals surface area (Å²) in [6, 6.07) is 18.2. The van der Waals surface area contributed by atoms with E-state index in [2.05, 4.69) is 20.3 Å². The molecular formula is C20H16N6O2. The molecule has 0 atom stereocenters. The summed E-state index contributed by atoms with van der Waals surface area (Å²) in [5.74, 6) is -0.0440. The summed E-state index contributed by atoms with van der Waals surface area (Å²) in [7, 11) is 0. The number of ether oxygens (including phenoxy) is 1. The van der Waals surface area contributed by atoms with Gasteiger partial charge in [0.1, 0.15) is 0 Å². The third kappa shape index (κ3) is 5.37. The molecule has 0 amide bonds. The zero-order valence-corrected chi connectivity index (χ0v) is 14.7. The summed E-state index contributed by atoms with van der Waals surface area (Å²) in [6.45, 7) is -0.146. The number of esters is 1. The van der Waals surface area contributed by atoms with Crippen LogP contribution in [0.25, 0.3) is 6.08 Å². The van der Waals surface area contributed by atoms with Crippen molar-refractivity contribution in [3.63, 3.8) is 0 Å². The van der Waals surface area contributed by atoms with Crippen LogP contribution < -0.4 is 11.1 Å². The Morgan fingerprint density at radius 1 is 1.11 bits per heavy atom. The van der Waals surface area contributed by atoms with Crippen molar-refractivity contribution in [1.82, 2.24) is 15.0 Å². The molecule has 8 nitrogen and oxygen atoms in total. The number of hydrogen-bond acceptors (Lipinski definition) is 8. The smallest absolute Gasteiger partial charge is 0.331 e. The Bertz CT molecular complexity index is 1030. The predicted octanol–water partition coefficient (Wildman–Crippen LogP) is 2.83. The molecule has 28 heavy (non-hydrogen) atoms. The molecule has 0 saturated carbocycles. The second kappa shape index (κ2) is 8.91. The van der Waals surface area contributed by atoms with Crippen LogP contribution in [0.15, 0.2) is 60.7 Å². The summed E-state index contributed by atoms with van der Waals surface area (Å²) < 4.78 is 5.14. The highest BCUT2D eigenvalue weighted by atomic mass is 16.5. The zero-order chi connectivity index (χ0) is 19.8. The summed E-state index contributed by atoms with van der Waals surface area (Å²) in [4.78, 5) is 24.1. The fourth-order valence-corrected chi connectivity index (χ4v) is 2.23. The summed E-state index contributed by atoms with van der Waals surface area (Å²) in [5.41, 5.74) is 7.81. The Balaban J connectivity index is 1.59. The number of carbonyl (C=O) groups excluding carboxylic acids is 1. The number of anilines is 3. The van der Waals surface area contributed by atoms with Crippen LogP contribution in [-0.4, -0.2) is 20.9 Å². The van der Waals surface area contributed by atoms with E-state index in [1.165, 1.54) is 6.08 Å². The van der Waals surface area contributed by atoms with Gasteiger partial charge in [-0.3, -0.25) is 0 Å². The van der Waals surface area contributed by atoms with Gasteiger partial charge in [0, 0.05) is 11.8 Å².